The molecule has 2 fully saturated rings. The van der Waals surface area contributed by atoms with Crippen molar-refractivity contribution in [1.29, 1.82) is 0 Å². The van der Waals surface area contributed by atoms with Crippen LogP contribution in [0.5, 0.6) is 0 Å². The highest BCUT2D eigenvalue weighted by atomic mass is 32.2. The topological polar surface area (TPSA) is 105 Å². The lowest BCUT2D eigenvalue weighted by Gasteiger charge is -2.43. The molecule has 156 valence electrons. The SMILES string of the molecule is CS(=O)(=O)N1C[C@@H](O)COC[C@H]2O[C@@H](CC(=O)NCc3ccccc3)CC[C@@H]21. The molecular formula is C19H28N2O6S. The maximum atomic E-state index is 12.3. The van der Waals surface area contributed by atoms with Gasteiger partial charge in [0, 0.05) is 13.1 Å². The summed E-state index contributed by atoms with van der Waals surface area (Å²) < 4.78 is 37.2. The molecular weight excluding hydrogens is 384 g/mol. The highest BCUT2D eigenvalue weighted by Crippen LogP contribution is 2.29. The number of fused-ring (bicyclic) bond motifs is 1. The minimum atomic E-state index is -3.49. The number of hydrogen-bond donors (Lipinski definition) is 2. The van der Waals surface area contributed by atoms with Crippen molar-refractivity contribution in [1.82, 2.24) is 9.62 Å². The largest absolute Gasteiger partial charge is 0.389 e. The highest BCUT2D eigenvalue weighted by molar-refractivity contribution is 7.88. The van der Waals surface area contributed by atoms with Gasteiger partial charge in [-0.25, -0.2) is 8.42 Å². The first-order chi connectivity index (χ1) is 13.3. The van der Waals surface area contributed by atoms with Gasteiger partial charge in [-0.05, 0) is 18.4 Å². The van der Waals surface area contributed by atoms with E-state index in [2.05, 4.69) is 5.32 Å². The molecule has 0 bridgehead atoms. The van der Waals surface area contributed by atoms with Crippen LogP contribution in [0.15, 0.2) is 30.3 Å². The Bertz CT molecular complexity index is 757. The van der Waals surface area contributed by atoms with Crippen LogP contribution in [-0.4, -0.2) is 74.1 Å². The Hall–Kier alpha value is -1.52. The molecule has 0 radical (unpaired) electrons. The Morgan fingerprint density at radius 2 is 2.00 bits per heavy atom. The quantitative estimate of drug-likeness (QED) is 0.719. The van der Waals surface area contributed by atoms with Gasteiger partial charge >= 0.3 is 0 Å². The number of rotatable bonds is 5. The summed E-state index contributed by atoms with van der Waals surface area (Å²) >= 11 is 0. The van der Waals surface area contributed by atoms with E-state index in [1.165, 1.54) is 4.31 Å². The molecule has 9 heteroatoms. The van der Waals surface area contributed by atoms with Crippen molar-refractivity contribution >= 4 is 15.9 Å². The monoisotopic (exact) mass is 412 g/mol. The zero-order chi connectivity index (χ0) is 20.1. The van der Waals surface area contributed by atoms with Crippen LogP contribution in [0, 0.1) is 0 Å². The molecule has 0 spiro atoms. The number of hydrogen-bond acceptors (Lipinski definition) is 6. The molecule has 8 nitrogen and oxygen atoms in total. The molecule has 2 heterocycles. The molecule has 1 aromatic rings. The summed E-state index contributed by atoms with van der Waals surface area (Å²) in [6.07, 6.45) is 0.887. The lowest BCUT2D eigenvalue weighted by Crippen LogP contribution is -2.57. The predicted molar refractivity (Wildman–Crippen MR) is 103 cm³/mol. The van der Waals surface area contributed by atoms with Crippen molar-refractivity contribution in [2.75, 3.05) is 26.0 Å². The molecule has 1 amide bonds. The lowest BCUT2D eigenvalue weighted by atomic mass is 9.96. The van der Waals surface area contributed by atoms with Crippen molar-refractivity contribution in [3.05, 3.63) is 35.9 Å². The number of nitrogens with zero attached hydrogens (tertiary/aromatic N) is 1. The Morgan fingerprint density at radius 1 is 1.25 bits per heavy atom. The summed E-state index contributed by atoms with van der Waals surface area (Å²) in [7, 11) is -3.49. The van der Waals surface area contributed by atoms with Crippen LogP contribution in [0.3, 0.4) is 0 Å². The third-order valence-corrected chi connectivity index (χ3v) is 6.38. The zero-order valence-corrected chi connectivity index (χ0v) is 16.8. The summed E-state index contributed by atoms with van der Waals surface area (Å²) in [4.78, 5) is 12.3. The van der Waals surface area contributed by atoms with Crippen molar-refractivity contribution in [3.8, 4) is 0 Å². The van der Waals surface area contributed by atoms with Crippen LogP contribution in [0.1, 0.15) is 24.8 Å². The van der Waals surface area contributed by atoms with Crippen LogP contribution >= 0.6 is 0 Å². The molecule has 0 saturated carbocycles. The summed E-state index contributed by atoms with van der Waals surface area (Å²) in [5.74, 6) is -0.102. The number of aliphatic hydroxyl groups excluding tert-OH is 1. The van der Waals surface area contributed by atoms with E-state index in [1.54, 1.807) is 0 Å². The summed E-state index contributed by atoms with van der Waals surface area (Å²) in [5, 5.41) is 12.8. The average molecular weight is 413 g/mol. The second-order valence-electron chi connectivity index (χ2n) is 7.43. The Labute approximate surface area is 165 Å². The fourth-order valence-corrected chi connectivity index (χ4v) is 4.93. The average Bonchev–Trinajstić information content (AvgIpc) is 2.63. The normalized spacial score (nSPS) is 29.4. The fourth-order valence-electron chi connectivity index (χ4n) is 3.75. The number of carbonyl (C=O) groups is 1. The van der Waals surface area contributed by atoms with E-state index in [9.17, 15) is 18.3 Å². The van der Waals surface area contributed by atoms with E-state index in [-0.39, 0.29) is 38.2 Å². The Kier molecular flexibility index (Phi) is 7.05. The van der Waals surface area contributed by atoms with Gasteiger partial charge in [0.2, 0.25) is 15.9 Å². The van der Waals surface area contributed by atoms with Gasteiger partial charge in [-0.1, -0.05) is 30.3 Å². The van der Waals surface area contributed by atoms with Gasteiger partial charge in [-0.15, -0.1) is 0 Å². The van der Waals surface area contributed by atoms with Gasteiger partial charge in [-0.2, -0.15) is 4.31 Å². The van der Waals surface area contributed by atoms with E-state index in [1.807, 2.05) is 30.3 Å². The maximum Gasteiger partial charge on any atom is 0.222 e. The van der Waals surface area contributed by atoms with Gasteiger partial charge in [0.1, 0.15) is 0 Å². The number of amides is 1. The molecule has 2 saturated heterocycles. The zero-order valence-electron chi connectivity index (χ0n) is 16.0. The molecule has 28 heavy (non-hydrogen) atoms. The molecule has 0 aromatic heterocycles. The molecule has 0 unspecified atom stereocenters. The number of carbonyl (C=O) groups excluding carboxylic acids is 1. The fraction of sp³-hybridized carbons (Fsp3) is 0.632. The van der Waals surface area contributed by atoms with Gasteiger partial charge < -0.3 is 19.9 Å². The number of benzene rings is 1. The summed E-state index contributed by atoms with van der Waals surface area (Å²) in [6, 6.07) is 9.27. The van der Waals surface area contributed by atoms with E-state index < -0.39 is 28.3 Å². The van der Waals surface area contributed by atoms with Gasteiger partial charge in [0.25, 0.3) is 0 Å². The maximum absolute atomic E-state index is 12.3. The smallest absolute Gasteiger partial charge is 0.222 e. The van der Waals surface area contributed by atoms with Crippen LogP contribution < -0.4 is 5.32 Å². The number of aliphatic hydroxyl groups is 1. The molecule has 4 atom stereocenters. The summed E-state index contributed by atoms with van der Waals surface area (Å²) in [6.45, 7) is 0.698. The Morgan fingerprint density at radius 3 is 2.71 bits per heavy atom. The molecule has 1 aromatic carbocycles. The number of nitrogens with one attached hydrogen (secondary N) is 1. The van der Waals surface area contributed by atoms with E-state index in [4.69, 9.17) is 9.47 Å². The standard InChI is InChI=1S/C19H28N2O6S/c1-28(24,25)21-11-15(22)12-26-13-18-17(21)8-7-16(27-18)9-19(23)20-10-14-5-3-2-4-6-14/h2-6,15-18,22H,7-13H2,1H3,(H,20,23)/t15-,16-,17+,18-/m1/s1. The van der Waals surface area contributed by atoms with Crippen molar-refractivity contribution < 1.29 is 27.8 Å². The van der Waals surface area contributed by atoms with Gasteiger partial charge in [0.05, 0.1) is 50.2 Å². The predicted octanol–water partition coefficient (Wildman–Crippen LogP) is 0.262. The second-order valence-corrected chi connectivity index (χ2v) is 9.37. The van der Waals surface area contributed by atoms with Crippen LogP contribution in [0.25, 0.3) is 0 Å². The van der Waals surface area contributed by atoms with Gasteiger partial charge in [-0.3, -0.25) is 4.79 Å². The first kappa shape index (κ1) is 21.2. The minimum Gasteiger partial charge on any atom is -0.389 e. The molecule has 2 N–H and O–H groups in total. The van der Waals surface area contributed by atoms with Crippen LogP contribution in [0.2, 0.25) is 0 Å². The van der Waals surface area contributed by atoms with Crippen LogP contribution in [0.4, 0.5) is 0 Å². The third-order valence-electron chi connectivity index (χ3n) is 5.11. The molecule has 0 aliphatic carbocycles. The van der Waals surface area contributed by atoms with Crippen LogP contribution in [-0.2, 0) is 30.8 Å². The minimum absolute atomic E-state index is 0.00834. The number of sulfonamides is 1. The van der Waals surface area contributed by atoms with Crippen molar-refractivity contribution in [2.45, 2.75) is 50.2 Å². The molecule has 2 aliphatic heterocycles. The van der Waals surface area contributed by atoms with Crippen molar-refractivity contribution in [3.63, 3.8) is 0 Å². The second kappa shape index (κ2) is 9.32. The Balaban J connectivity index is 1.57. The number of β-amino-alcohol motifs (C(OH)–C–C–N with tert-alkyl or cyclic N) is 1. The third kappa shape index (κ3) is 5.74. The highest BCUT2D eigenvalue weighted by Gasteiger charge is 2.41. The molecule has 2 aliphatic rings. The van der Waals surface area contributed by atoms with Crippen molar-refractivity contribution in [2.24, 2.45) is 0 Å². The number of ether oxygens (including phenoxy) is 2. The van der Waals surface area contributed by atoms with E-state index >= 15 is 0 Å². The lowest BCUT2D eigenvalue weighted by molar-refractivity contribution is -0.146. The van der Waals surface area contributed by atoms with E-state index in [0.717, 1.165) is 11.8 Å². The van der Waals surface area contributed by atoms with Gasteiger partial charge in [0.15, 0.2) is 0 Å². The first-order valence-electron chi connectivity index (χ1n) is 9.51. The molecule has 3 rings (SSSR count). The first-order valence-corrected chi connectivity index (χ1v) is 11.4. The summed E-state index contributed by atoms with van der Waals surface area (Å²) in [5.41, 5.74) is 1.02. The van der Waals surface area contributed by atoms with E-state index in [0.29, 0.717) is 19.4 Å².